The molecule has 106 valence electrons. The quantitative estimate of drug-likeness (QED) is 0.825. The Morgan fingerprint density at radius 1 is 1.37 bits per heavy atom. The predicted molar refractivity (Wildman–Crippen MR) is 77.2 cm³/mol. The summed E-state index contributed by atoms with van der Waals surface area (Å²) in [5.74, 6) is 0.486. The number of nitrogens with one attached hydrogen (secondary N) is 1. The predicted octanol–water partition coefficient (Wildman–Crippen LogP) is 2.08. The number of aliphatic hydroxyl groups is 1. The summed E-state index contributed by atoms with van der Waals surface area (Å²) in [6.45, 7) is 5.61. The highest BCUT2D eigenvalue weighted by molar-refractivity contribution is 5.37. The summed E-state index contributed by atoms with van der Waals surface area (Å²) in [6, 6.07) is 8.48. The van der Waals surface area contributed by atoms with Gasteiger partial charge in [0, 0.05) is 19.7 Å². The minimum absolute atomic E-state index is 0.279. The number of rotatable bonds is 6. The van der Waals surface area contributed by atoms with E-state index in [0.717, 1.165) is 18.4 Å². The lowest BCUT2D eigenvalue weighted by atomic mass is 9.94. The lowest BCUT2D eigenvalue weighted by molar-refractivity contribution is 0.0290. The zero-order valence-corrected chi connectivity index (χ0v) is 12.1. The molecule has 0 radical (unpaired) electrons. The summed E-state index contributed by atoms with van der Waals surface area (Å²) in [5, 5.41) is 14.3. The third-order valence-electron chi connectivity index (χ3n) is 4.13. The van der Waals surface area contributed by atoms with Gasteiger partial charge in [0.25, 0.3) is 0 Å². The molecule has 0 aromatic heterocycles. The molecule has 0 amide bonds. The van der Waals surface area contributed by atoms with Crippen LogP contribution in [0.1, 0.15) is 31.4 Å². The molecule has 2 N–H and O–H groups in total. The van der Waals surface area contributed by atoms with Crippen molar-refractivity contribution in [2.24, 2.45) is 5.92 Å². The van der Waals surface area contributed by atoms with Crippen LogP contribution in [0.5, 0.6) is 0 Å². The lowest BCUT2D eigenvalue weighted by Gasteiger charge is -2.29. The van der Waals surface area contributed by atoms with Crippen LogP contribution in [0.2, 0.25) is 0 Å². The van der Waals surface area contributed by atoms with Gasteiger partial charge < -0.3 is 15.2 Å². The average Bonchev–Trinajstić information content (AvgIpc) is 2.73. The normalized spacial score (nSPS) is 23.6. The summed E-state index contributed by atoms with van der Waals surface area (Å²) < 4.78 is 5.24. The molecule has 2 rings (SSSR count). The first-order chi connectivity index (χ1) is 9.07. The van der Waals surface area contributed by atoms with E-state index in [2.05, 4.69) is 25.2 Å². The zero-order valence-electron chi connectivity index (χ0n) is 12.1. The molecule has 0 aliphatic heterocycles. The zero-order chi connectivity index (χ0) is 13.9. The highest BCUT2D eigenvalue weighted by Gasteiger charge is 2.36. The summed E-state index contributed by atoms with van der Waals surface area (Å²) in [4.78, 5) is 0. The number of benzene rings is 1. The van der Waals surface area contributed by atoms with E-state index in [1.165, 1.54) is 5.56 Å². The molecule has 19 heavy (non-hydrogen) atoms. The highest BCUT2D eigenvalue weighted by Crippen LogP contribution is 2.36. The van der Waals surface area contributed by atoms with Crippen LogP contribution in [0.3, 0.4) is 0 Å². The van der Waals surface area contributed by atoms with Crippen molar-refractivity contribution in [3.63, 3.8) is 0 Å². The maximum atomic E-state index is 10.8. The molecule has 1 aromatic carbocycles. The van der Waals surface area contributed by atoms with E-state index in [1.54, 1.807) is 7.11 Å². The maximum Gasteiger partial charge on any atom is 0.103 e. The van der Waals surface area contributed by atoms with Crippen LogP contribution in [0.15, 0.2) is 24.3 Å². The summed E-state index contributed by atoms with van der Waals surface area (Å²) in [6.07, 6.45) is 1.77. The first-order valence-electron chi connectivity index (χ1n) is 7.10. The average molecular weight is 263 g/mol. The van der Waals surface area contributed by atoms with Crippen molar-refractivity contribution in [3.8, 4) is 0 Å². The number of hydrogen-bond acceptors (Lipinski definition) is 3. The molecule has 0 saturated heterocycles. The molecule has 2 atom stereocenters. The van der Waals surface area contributed by atoms with Gasteiger partial charge in [0.15, 0.2) is 0 Å². The Bertz CT molecular complexity index is 419. The molecule has 3 nitrogen and oxygen atoms in total. The van der Waals surface area contributed by atoms with Crippen molar-refractivity contribution in [3.05, 3.63) is 35.4 Å². The fourth-order valence-corrected chi connectivity index (χ4v) is 2.82. The van der Waals surface area contributed by atoms with E-state index in [4.69, 9.17) is 4.74 Å². The second kappa shape index (κ2) is 6.04. The third-order valence-corrected chi connectivity index (χ3v) is 4.13. The Kier molecular flexibility index (Phi) is 4.61. The lowest BCUT2D eigenvalue weighted by Crippen LogP contribution is -2.45. The van der Waals surface area contributed by atoms with E-state index >= 15 is 0 Å². The van der Waals surface area contributed by atoms with Gasteiger partial charge in [0.2, 0.25) is 0 Å². The van der Waals surface area contributed by atoms with Crippen LogP contribution < -0.4 is 5.32 Å². The van der Waals surface area contributed by atoms with Crippen molar-refractivity contribution >= 4 is 0 Å². The number of aryl methyl sites for hydroxylation is 1. The molecule has 1 aromatic rings. The molecule has 0 saturated carbocycles. The van der Waals surface area contributed by atoms with E-state index in [9.17, 15) is 5.11 Å². The topological polar surface area (TPSA) is 41.5 Å². The minimum atomic E-state index is -0.725. The number of ether oxygens (including phenoxy) is 1. The first-order valence-corrected chi connectivity index (χ1v) is 7.10. The largest absolute Gasteiger partial charge is 0.384 e. The van der Waals surface area contributed by atoms with Gasteiger partial charge in [-0.2, -0.15) is 0 Å². The number of methoxy groups -OCH3 is 1. The van der Waals surface area contributed by atoms with Gasteiger partial charge in [-0.1, -0.05) is 38.1 Å². The van der Waals surface area contributed by atoms with Gasteiger partial charge in [-0.15, -0.1) is 0 Å². The van der Waals surface area contributed by atoms with Gasteiger partial charge >= 0.3 is 0 Å². The molecule has 1 aliphatic carbocycles. The molecule has 3 heteroatoms. The maximum absolute atomic E-state index is 10.8. The Morgan fingerprint density at radius 2 is 2.11 bits per heavy atom. The van der Waals surface area contributed by atoms with Crippen molar-refractivity contribution in [2.45, 2.75) is 38.3 Å². The van der Waals surface area contributed by atoms with Gasteiger partial charge in [0.1, 0.15) is 5.60 Å². The first kappa shape index (κ1) is 14.5. The Labute approximate surface area is 116 Å². The van der Waals surface area contributed by atoms with Crippen molar-refractivity contribution in [2.75, 3.05) is 20.3 Å². The van der Waals surface area contributed by atoms with Gasteiger partial charge in [-0.05, 0) is 29.9 Å². The van der Waals surface area contributed by atoms with E-state index in [1.807, 2.05) is 18.2 Å². The Morgan fingerprint density at radius 3 is 2.79 bits per heavy atom. The monoisotopic (exact) mass is 263 g/mol. The second-order valence-corrected chi connectivity index (χ2v) is 5.88. The summed E-state index contributed by atoms with van der Waals surface area (Å²) in [5.41, 5.74) is 1.64. The van der Waals surface area contributed by atoms with Gasteiger partial charge in [0.05, 0.1) is 6.61 Å². The van der Waals surface area contributed by atoms with Crippen LogP contribution in [-0.2, 0) is 16.8 Å². The molecular weight excluding hydrogens is 238 g/mol. The van der Waals surface area contributed by atoms with E-state index in [-0.39, 0.29) is 6.04 Å². The third kappa shape index (κ3) is 3.16. The Hall–Kier alpha value is -0.900. The van der Waals surface area contributed by atoms with Crippen molar-refractivity contribution in [1.82, 2.24) is 5.32 Å². The number of fused-ring (bicyclic) bond motifs is 1. The fraction of sp³-hybridized carbons (Fsp3) is 0.625. The van der Waals surface area contributed by atoms with Crippen LogP contribution >= 0.6 is 0 Å². The molecule has 0 fully saturated rings. The van der Waals surface area contributed by atoms with Gasteiger partial charge in [-0.3, -0.25) is 0 Å². The fourth-order valence-electron chi connectivity index (χ4n) is 2.82. The molecule has 0 spiro atoms. The minimum Gasteiger partial charge on any atom is -0.384 e. The molecule has 1 aliphatic rings. The van der Waals surface area contributed by atoms with Gasteiger partial charge in [-0.25, -0.2) is 0 Å². The van der Waals surface area contributed by atoms with Crippen molar-refractivity contribution in [1.29, 1.82) is 0 Å². The molecule has 2 unspecified atom stereocenters. The van der Waals surface area contributed by atoms with Crippen LogP contribution in [0.4, 0.5) is 0 Å². The van der Waals surface area contributed by atoms with Crippen LogP contribution in [-0.4, -0.2) is 31.4 Å². The smallest absolute Gasteiger partial charge is 0.103 e. The molecular formula is C16H25NO2. The van der Waals surface area contributed by atoms with Crippen molar-refractivity contribution < 1.29 is 9.84 Å². The summed E-state index contributed by atoms with van der Waals surface area (Å²) >= 11 is 0. The van der Waals surface area contributed by atoms with Crippen LogP contribution in [0, 0.1) is 5.92 Å². The highest BCUT2D eigenvalue weighted by atomic mass is 16.5. The molecule has 0 heterocycles. The standard InChI is InChI=1S/C16H25NO2/c1-12(2)15(10-19-3)17-11-16(18)9-8-13-6-4-5-7-14(13)16/h4-7,12,15,17-18H,8-11H2,1-3H3. The number of hydrogen-bond donors (Lipinski definition) is 2. The Balaban J connectivity index is 2.03. The van der Waals surface area contributed by atoms with E-state index in [0.29, 0.717) is 19.1 Å². The SMILES string of the molecule is COCC(NCC1(O)CCc2ccccc21)C(C)C. The second-order valence-electron chi connectivity index (χ2n) is 5.88. The summed E-state index contributed by atoms with van der Waals surface area (Å²) in [7, 11) is 1.72. The van der Waals surface area contributed by atoms with Crippen LogP contribution in [0.25, 0.3) is 0 Å². The van der Waals surface area contributed by atoms with E-state index < -0.39 is 5.60 Å². The molecule has 0 bridgehead atoms.